The van der Waals surface area contributed by atoms with Crippen LogP contribution in [0, 0.1) is 0 Å². The molecule has 1 aromatic heterocycles. The minimum Gasteiger partial charge on any atom is -0.495 e. The fourth-order valence-corrected chi connectivity index (χ4v) is 3.55. The highest BCUT2D eigenvalue weighted by Crippen LogP contribution is 2.23. The number of rotatable bonds is 11. The lowest BCUT2D eigenvalue weighted by Gasteiger charge is -2.28. The lowest BCUT2D eigenvalue weighted by atomic mass is 10.2. The standard InChI is InChI=1S/C26H32N4O4/c1-28-15-9-12-22(28)19-30(18-21-10-5-4-6-11-21)25(31)20-29(16-17-33-2)26(32)27-23-13-7-8-14-24(23)34-3/h4-15H,16-20H2,1-3H3,(H,27,32). The molecule has 1 heterocycles. The van der Waals surface area contributed by atoms with Crippen molar-refractivity contribution in [3.8, 4) is 5.75 Å². The highest BCUT2D eigenvalue weighted by molar-refractivity contribution is 5.93. The number of carbonyl (C=O) groups is 2. The van der Waals surface area contributed by atoms with Crippen LogP contribution in [0.15, 0.2) is 72.9 Å². The summed E-state index contributed by atoms with van der Waals surface area (Å²) in [7, 11) is 5.06. The minimum absolute atomic E-state index is 0.0817. The van der Waals surface area contributed by atoms with E-state index in [9.17, 15) is 9.59 Å². The van der Waals surface area contributed by atoms with E-state index in [1.807, 2.05) is 72.4 Å². The van der Waals surface area contributed by atoms with Gasteiger partial charge in [-0.05, 0) is 29.8 Å². The van der Waals surface area contributed by atoms with Gasteiger partial charge in [0.1, 0.15) is 12.3 Å². The SMILES string of the molecule is COCCN(CC(=O)N(Cc1ccccc1)Cc1cccn1C)C(=O)Nc1ccccc1OC. The monoisotopic (exact) mass is 464 g/mol. The van der Waals surface area contributed by atoms with Crippen LogP contribution in [0.5, 0.6) is 5.75 Å². The number of amides is 3. The van der Waals surface area contributed by atoms with Gasteiger partial charge in [0.25, 0.3) is 0 Å². The molecule has 1 N–H and O–H groups in total. The Kier molecular flexibility index (Phi) is 9.11. The average Bonchev–Trinajstić information content (AvgIpc) is 3.26. The Bertz CT molecular complexity index is 1070. The first kappa shape index (κ1) is 24.9. The quantitative estimate of drug-likeness (QED) is 0.469. The van der Waals surface area contributed by atoms with Crippen LogP contribution in [0.2, 0.25) is 0 Å². The number of benzene rings is 2. The molecule has 180 valence electrons. The molecule has 3 rings (SSSR count). The van der Waals surface area contributed by atoms with Gasteiger partial charge in [-0.25, -0.2) is 4.79 Å². The number of para-hydroxylation sites is 2. The van der Waals surface area contributed by atoms with Crippen molar-refractivity contribution in [1.82, 2.24) is 14.4 Å². The molecule has 0 fully saturated rings. The van der Waals surface area contributed by atoms with Gasteiger partial charge in [-0.2, -0.15) is 0 Å². The van der Waals surface area contributed by atoms with E-state index in [-0.39, 0.29) is 19.0 Å². The summed E-state index contributed by atoms with van der Waals surface area (Å²) in [5.74, 6) is 0.389. The molecule has 3 amide bonds. The molecule has 0 saturated heterocycles. The fourth-order valence-electron chi connectivity index (χ4n) is 3.55. The number of hydrogen-bond donors (Lipinski definition) is 1. The molecular weight excluding hydrogens is 432 g/mol. The molecule has 0 unspecified atom stereocenters. The number of ether oxygens (including phenoxy) is 2. The fraction of sp³-hybridized carbons (Fsp3) is 0.308. The summed E-state index contributed by atoms with van der Waals surface area (Å²) in [5, 5.41) is 2.85. The Balaban J connectivity index is 1.77. The minimum atomic E-state index is -0.395. The van der Waals surface area contributed by atoms with Gasteiger partial charge in [0.2, 0.25) is 5.91 Å². The predicted molar refractivity (Wildman–Crippen MR) is 132 cm³/mol. The van der Waals surface area contributed by atoms with Crippen molar-refractivity contribution in [1.29, 1.82) is 0 Å². The molecule has 0 radical (unpaired) electrons. The van der Waals surface area contributed by atoms with E-state index in [1.165, 1.54) is 4.90 Å². The summed E-state index contributed by atoms with van der Waals surface area (Å²) < 4.78 is 12.5. The maximum Gasteiger partial charge on any atom is 0.322 e. The third-order valence-electron chi connectivity index (χ3n) is 5.50. The zero-order valence-electron chi connectivity index (χ0n) is 19.9. The first-order valence-corrected chi connectivity index (χ1v) is 11.1. The van der Waals surface area contributed by atoms with Crippen LogP contribution in [-0.2, 0) is 29.7 Å². The highest BCUT2D eigenvalue weighted by atomic mass is 16.5. The van der Waals surface area contributed by atoms with Crippen molar-refractivity contribution in [2.45, 2.75) is 13.1 Å². The molecule has 8 heteroatoms. The van der Waals surface area contributed by atoms with E-state index in [1.54, 1.807) is 31.3 Å². The molecule has 0 atom stereocenters. The van der Waals surface area contributed by atoms with Gasteiger partial charge in [-0.1, -0.05) is 42.5 Å². The third-order valence-corrected chi connectivity index (χ3v) is 5.50. The van der Waals surface area contributed by atoms with Gasteiger partial charge in [0.05, 0.1) is 25.9 Å². The van der Waals surface area contributed by atoms with E-state index < -0.39 is 6.03 Å². The first-order chi connectivity index (χ1) is 16.5. The number of nitrogens with zero attached hydrogens (tertiary/aromatic N) is 3. The number of nitrogens with one attached hydrogen (secondary N) is 1. The summed E-state index contributed by atoms with van der Waals surface area (Å²) >= 11 is 0. The summed E-state index contributed by atoms with van der Waals surface area (Å²) in [6.45, 7) is 1.37. The van der Waals surface area contributed by atoms with Gasteiger partial charge >= 0.3 is 6.03 Å². The second kappa shape index (κ2) is 12.5. The number of aromatic nitrogens is 1. The van der Waals surface area contributed by atoms with Gasteiger partial charge in [0.15, 0.2) is 0 Å². The summed E-state index contributed by atoms with van der Waals surface area (Å²) in [6.07, 6.45) is 1.95. The third kappa shape index (κ3) is 6.86. The molecule has 0 saturated carbocycles. The van der Waals surface area contributed by atoms with E-state index >= 15 is 0 Å². The molecule has 0 aliphatic rings. The normalized spacial score (nSPS) is 10.6. The number of methoxy groups -OCH3 is 2. The number of anilines is 1. The molecule has 0 bridgehead atoms. The second-order valence-corrected chi connectivity index (χ2v) is 7.89. The zero-order chi connectivity index (χ0) is 24.3. The maximum absolute atomic E-state index is 13.5. The molecule has 34 heavy (non-hydrogen) atoms. The molecule has 0 aliphatic heterocycles. The average molecular weight is 465 g/mol. The molecule has 0 aliphatic carbocycles. The predicted octanol–water partition coefficient (Wildman–Crippen LogP) is 3.74. The lowest BCUT2D eigenvalue weighted by molar-refractivity contribution is -0.133. The van der Waals surface area contributed by atoms with Crippen LogP contribution in [0.1, 0.15) is 11.3 Å². The zero-order valence-corrected chi connectivity index (χ0v) is 19.9. The Morgan fingerprint density at radius 1 is 0.912 bits per heavy atom. The summed E-state index contributed by atoms with van der Waals surface area (Å²) in [4.78, 5) is 29.8. The lowest BCUT2D eigenvalue weighted by Crippen LogP contribution is -2.45. The number of aryl methyl sites for hydroxylation is 1. The van der Waals surface area contributed by atoms with E-state index in [2.05, 4.69) is 5.32 Å². The van der Waals surface area contributed by atoms with Crippen LogP contribution >= 0.6 is 0 Å². The first-order valence-electron chi connectivity index (χ1n) is 11.1. The van der Waals surface area contributed by atoms with Crippen molar-refractivity contribution >= 4 is 17.6 Å². The Morgan fingerprint density at radius 2 is 1.65 bits per heavy atom. The van der Waals surface area contributed by atoms with E-state index in [0.717, 1.165) is 11.3 Å². The maximum atomic E-state index is 13.5. The van der Waals surface area contributed by atoms with Crippen LogP contribution in [0.25, 0.3) is 0 Å². The largest absolute Gasteiger partial charge is 0.495 e. The smallest absolute Gasteiger partial charge is 0.322 e. The number of carbonyl (C=O) groups excluding carboxylic acids is 2. The summed E-state index contributed by atoms with van der Waals surface area (Å²) in [6, 6.07) is 20.5. The van der Waals surface area contributed by atoms with E-state index in [4.69, 9.17) is 9.47 Å². The number of urea groups is 1. The Morgan fingerprint density at radius 3 is 2.32 bits per heavy atom. The van der Waals surface area contributed by atoms with Crippen LogP contribution in [0.4, 0.5) is 10.5 Å². The molecule has 2 aromatic carbocycles. The van der Waals surface area contributed by atoms with Crippen LogP contribution in [-0.4, -0.2) is 60.2 Å². The van der Waals surface area contributed by atoms with Crippen molar-refractivity contribution in [2.75, 3.05) is 39.2 Å². The van der Waals surface area contributed by atoms with Crippen LogP contribution < -0.4 is 10.1 Å². The summed E-state index contributed by atoms with van der Waals surface area (Å²) in [5.41, 5.74) is 2.56. The Hall–Kier alpha value is -3.78. The Labute approximate surface area is 200 Å². The molecule has 8 nitrogen and oxygen atoms in total. The molecular formula is C26H32N4O4. The van der Waals surface area contributed by atoms with Crippen molar-refractivity contribution < 1.29 is 19.1 Å². The van der Waals surface area contributed by atoms with Crippen molar-refractivity contribution in [3.05, 3.63) is 84.2 Å². The molecule has 0 spiro atoms. The topological polar surface area (TPSA) is 76.0 Å². The van der Waals surface area contributed by atoms with E-state index in [0.29, 0.717) is 31.1 Å². The molecule has 3 aromatic rings. The van der Waals surface area contributed by atoms with Crippen LogP contribution in [0.3, 0.4) is 0 Å². The number of hydrogen-bond acceptors (Lipinski definition) is 4. The van der Waals surface area contributed by atoms with Crippen molar-refractivity contribution in [2.24, 2.45) is 7.05 Å². The van der Waals surface area contributed by atoms with Gasteiger partial charge < -0.3 is 29.2 Å². The van der Waals surface area contributed by atoms with Gasteiger partial charge in [-0.15, -0.1) is 0 Å². The highest BCUT2D eigenvalue weighted by Gasteiger charge is 2.23. The van der Waals surface area contributed by atoms with Crippen molar-refractivity contribution in [3.63, 3.8) is 0 Å². The van der Waals surface area contributed by atoms with Gasteiger partial charge in [0, 0.05) is 39.1 Å². The van der Waals surface area contributed by atoms with Gasteiger partial charge in [-0.3, -0.25) is 4.79 Å². The second-order valence-electron chi connectivity index (χ2n) is 7.89.